The van der Waals surface area contributed by atoms with E-state index in [1.54, 1.807) is 25.1 Å². The van der Waals surface area contributed by atoms with Gasteiger partial charge in [0.05, 0.1) is 42.7 Å². The lowest BCUT2D eigenvalue weighted by Crippen LogP contribution is -2.45. The number of nitro groups is 1. The highest BCUT2D eigenvalue weighted by Gasteiger charge is 2.67. The van der Waals surface area contributed by atoms with Gasteiger partial charge < -0.3 is 34.1 Å². The van der Waals surface area contributed by atoms with Gasteiger partial charge in [0, 0.05) is 65.0 Å². The Hall–Kier alpha value is -5.70. The Labute approximate surface area is 324 Å². The molecule has 3 amide bonds. The van der Waals surface area contributed by atoms with Gasteiger partial charge in [-0.05, 0) is 54.0 Å². The number of aromatic amines is 1. The molecule has 0 unspecified atom stereocenters. The number of carbonyl (C=O) groups is 3. The van der Waals surface area contributed by atoms with Crippen molar-refractivity contribution in [3.05, 3.63) is 136 Å². The highest BCUT2D eigenvalue weighted by atomic mass is 28.4. The van der Waals surface area contributed by atoms with Crippen LogP contribution in [-0.4, -0.2) is 65.3 Å². The number of benzene rings is 4. The van der Waals surface area contributed by atoms with Gasteiger partial charge in [-0.25, -0.2) is 0 Å². The number of carbonyl (C=O) groups excluding carboxylic acids is 3. The average molecular weight is 778 g/mol. The van der Waals surface area contributed by atoms with Crippen LogP contribution in [0.15, 0.2) is 103 Å². The zero-order valence-electron chi connectivity index (χ0n) is 31.4. The zero-order chi connectivity index (χ0) is 39.8. The quantitative estimate of drug-likeness (QED) is 0.0503. The van der Waals surface area contributed by atoms with Crippen molar-refractivity contribution in [2.24, 2.45) is 5.92 Å². The average Bonchev–Trinajstić information content (AvgIpc) is 3.78. The van der Waals surface area contributed by atoms with E-state index in [4.69, 9.17) is 4.74 Å². The summed E-state index contributed by atoms with van der Waals surface area (Å²) in [5, 5.41) is 25.8. The summed E-state index contributed by atoms with van der Waals surface area (Å²) < 4.78 is 23.2. The summed E-state index contributed by atoms with van der Waals surface area (Å²) >= 11 is 0. The van der Waals surface area contributed by atoms with E-state index in [1.165, 1.54) is 41.1 Å². The largest absolute Gasteiger partial charge is 0.395 e. The Bertz CT molecular complexity index is 2300. The summed E-state index contributed by atoms with van der Waals surface area (Å²) in [5.74, 6) is -1.89. The molecule has 2 aliphatic heterocycles. The summed E-state index contributed by atoms with van der Waals surface area (Å²) in [6, 6.07) is 28.3. The number of non-ortho nitro benzene ring substituents is 1. The molecule has 4 aromatic carbocycles. The normalized spacial score (nSPS) is 20.4. The summed E-state index contributed by atoms with van der Waals surface area (Å²) in [5.41, 5.74) is 1.58. The van der Waals surface area contributed by atoms with E-state index in [0.29, 0.717) is 16.9 Å². The fraction of sp³-hybridized carbons (Fsp3) is 0.310. The Balaban J connectivity index is 1.17. The number of aliphatic hydroxyl groups excluding tert-OH is 1. The first-order chi connectivity index (χ1) is 26.8. The van der Waals surface area contributed by atoms with Crippen molar-refractivity contribution in [2.45, 2.75) is 63.2 Å². The van der Waals surface area contributed by atoms with E-state index in [0.717, 1.165) is 22.0 Å². The summed E-state index contributed by atoms with van der Waals surface area (Å²) in [6.07, 6.45) is 0.692. The number of para-hydroxylation sites is 1. The molecule has 7 rings (SSSR count). The van der Waals surface area contributed by atoms with Crippen LogP contribution in [0.5, 0.6) is 0 Å². The highest BCUT2D eigenvalue weighted by molar-refractivity contribution is 6.72. The monoisotopic (exact) mass is 777 g/mol. The molecule has 290 valence electrons. The summed E-state index contributed by atoms with van der Waals surface area (Å²) in [7, 11) is -3.67. The maximum absolute atomic E-state index is 16.5. The highest BCUT2D eigenvalue weighted by Crippen LogP contribution is 2.60. The molecule has 5 aromatic rings. The second-order valence-corrected chi connectivity index (χ2v) is 18.9. The molecule has 56 heavy (non-hydrogen) atoms. The third-order valence-electron chi connectivity index (χ3n) is 11.0. The van der Waals surface area contributed by atoms with E-state index in [-0.39, 0.29) is 62.1 Å². The Kier molecular flexibility index (Phi) is 10.6. The summed E-state index contributed by atoms with van der Waals surface area (Å²) in [6.45, 7) is 4.79. The number of nitrogens with zero attached hydrogens (tertiary/aromatic N) is 3. The first-order valence-electron chi connectivity index (χ1n) is 18.6. The van der Waals surface area contributed by atoms with E-state index in [1.807, 2.05) is 66.9 Å². The van der Waals surface area contributed by atoms with Crippen molar-refractivity contribution >= 4 is 54.1 Å². The molecule has 4 atom stereocenters. The maximum Gasteiger partial charge on any atom is 0.269 e. The minimum Gasteiger partial charge on any atom is -0.395 e. The first kappa shape index (κ1) is 38.6. The Morgan fingerprint density at radius 1 is 1.04 bits per heavy atom. The van der Waals surface area contributed by atoms with Crippen LogP contribution in [0.3, 0.4) is 0 Å². The lowest BCUT2D eigenvalue weighted by Gasteiger charge is -2.31. The third-order valence-corrected chi connectivity index (χ3v) is 13.5. The Morgan fingerprint density at radius 3 is 2.50 bits per heavy atom. The van der Waals surface area contributed by atoms with Crippen molar-refractivity contribution in [1.29, 1.82) is 0 Å². The first-order valence-corrected chi connectivity index (χ1v) is 21.6. The van der Waals surface area contributed by atoms with Crippen molar-refractivity contribution in [3.63, 3.8) is 0 Å². The summed E-state index contributed by atoms with van der Waals surface area (Å²) in [4.78, 5) is 59.7. The van der Waals surface area contributed by atoms with Crippen molar-refractivity contribution in [2.75, 3.05) is 23.4 Å². The van der Waals surface area contributed by atoms with Crippen LogP contribution in [0.25, 0.3) is 10.9 Å². The van der Waals surface area contributed by atoms with Crippen LogP contribution in [0.1, 0.15) is 35.6 Å². The van der Waals surface area contributed by atoms with Gasteiger partial charge in [-0.3, -0.25) is 24.5 Å². The van der Waals surface area contributed by atoms with Gasteiger partial charge in [-0.2, -0.15) is 0 Å². The molecular formula is C42H44FN5O7Si. The van der Waals surface area contributed by atoms with Crippen molar-refractivity contribution in [3.8, 4) is 0 Å². The van der Waals surface area contributed by atoms with Crippen LogP contribution in [0.4, 0.5) is 21.2 Å². The van der Waals surface area contributed by atoms with Gasteiger partial charge in [-0.1, -0.05) is 67.6 Å². The maximum atomic E-state index is 16.5. The number of hydrogen-bond donors (Lipinski definition) is 3. The second kappa shape index (κ2) is 15.4. The number of aliphatic hydroxyl groups is 1. The topological polar surface area (TPSA) is 158 Å². The smallest absolute Gasteiger partial charge is 0.269 e. The number of amides is 3. The number of hydrogen-bond acceptors (Lipinski definition) is 7. The molecule has 1 saturated heterocycles. The van der Waals surface area contributed by atoms with Crippen LogP contribution in [0, 0.1) is 16.0 Å². The molecule has 1 fully saturated rings. The fourth-order valence-electron chi connectivity index (χ4n) is 8.61. The molecule has 14 heteroatoms. The van der Waals surface area contributed by atoms with Gasteiger partial charge >= 0.3 is 0 Å². The minimum atomic E-state index is -3.67. The van der Waals surface area contributed by atoms with Gasteiger partial charge in [0.1, 0.15) is 0 Å². The lowest BCUT2D eigenvalue weighted by atomic mass is 9.82. The van der Waals surface area contributed by atoms with E-state index >= 15 is 4.11 Å². The molecule has 1 aromatic heterocycles. The minimum absolute atomic E-state index is 0.0275. The molecule has 2 aliphatic rings. The van der Waals surface area contributed by atoms with Gasteiger partial charge in [0.25, 0.3) is 11.6 Å². The predicted molar refractivity (Wildman–Crippen MR) is 213 cm³/mol. The molecule has 12 nitrogen and oxygen atoms in total. The second-order valence-electron chi connectivity index (χ2n) is 15.1. The number of fused-ring (bicyclic) bond motifs is 3. The molecule has 0 aliphatic carbocycles. The number of nitro benzene ring substituents is 1. The number of aromatic nitrogens is 1. The lowest BCUT2D eigenvalue weighted by molar-refractivity contribution is -0.385. The molecule has 3 heterocycles. The number of H-pyrrole nitrogens is 1. The molecular weight excluding hydrogens is 734 g/mol. The number of halogens is 1. The third kappa shape index (κ3) is 7.34. The predicted octanol–water partition coefficient (Wildman–Crippen LogP) is 6.99. The molecule has 0 radical (unpaired) electrons. The van der Waals surface area contributed by atoms with Gasteiger partial charge in [0.2, 0.25) is 20.2 Å². The number of nitrogens with one attached hydrogen (secondary N) is 2. The van der Waals surface area contributed by atoms with E-state index in [9.17, 15) is 29.6 Å². The number of anilines is 2. The standard InChI is InChI=1S/C42H44FN5O7Si/c1-27-40(56(2,3)43)37(23-39(51)46(18-19-49)25-28-10-5-4-6-11-28)55-42(27)34-22-32(48(53)54)16-17-36(34)47(41(42)52)26-29-12-9-13-31(20-29)45-38(50)21-30-24-44-35-15-8-7-14-33(30)35/h4-17,20,22,24,27,37,40,44,49H,18-19,21,23,25-26H2,1-3H3,(H,45,50)/t27-,37+,40-,42+/m1/s1. The SMILES string of the molecule is C[C@@H]1[C@@H]([Si](C)(C)F)[C@H](CC(=O)N(CCO)Cc2ccccc2)O[C@@]12C(=O)N(Cc1cccc(NC(=O)Cc3c[nH]c4ccccc34)c1)c1ccc([N+](=O)[O-])cc12. The van der Waals surface area contributed by atoms with Crippen LogP contribution < -0.4 is 10.2 Å². The fourth-order valence-corrected chi connectivity index (χ4v) is 11.1. The van der Waals surface area contributed by atoms with Gasteiger partial charge in [-0.15, -0.1) is 0 Å². The van der Waals surface area contributed by atoms with Crippen molar-refractivity contribution < 1.29 is 33.3 Å². The zero-order valence-corrected chi connectivity index (χ0v) is 32.4. The molecule has 1 spiro atoms. The van der Waals surface area contributed by atoms with E-state index < -0.39 is 42.4 Å². The van der Waals surface area contributed by atoms with Gasteiger partial charge in [0.15, 0.2) is 5.60 Å². The molecule has 0 bridgehead atoms. The Morgan fingerprint density at radius 2 is 1.77 bits per heavy atom. The van der Waals surface area contributed by atoms with Crippen molar-refractivity contribution in [1.82, 2.24) is 9.88 Å². The molecule has 3 N–H and O–H groups in total. The van der Waals surface area contributed by atoms with Crippen LogP contribution in [0.2, 0.25) is 18.6 Å². The van der Waals surface area contributed by atoms with Crippen LogP contribution >= 0.6 is 0 Å². The van der Waals surface area contributed by atoms with Crippen LogP contribution in [-0.2, 0) is 44.2 Å². The number of rotatable bonds is 13. The molecule has 0 saturated carbocycles. The number of ether oxygens (including phenoxy) is 1. The van der Waals surface area contributed by atoms with E-state index in [2.05, 4.69) is 10.3 Å².